The number of methoxy groups -OCH3 is 1. The van der Waals surface area contributed by atoms with Gasteiger partial charge in [0.05, 0.1) is 24.7 Å². The minimum atomic E-state index is -0.620. The standard InChI is InChI=1S/C23H28O6/c1-14-7-5-9-18(24)17-13-23(2,3)29-20(17)10-6-8-15-11-16(27-4)12-19(25)21(15)22(26)28-14/h5-6,8-9,11-12,14,17,20,25H,7,10,13H2,1-4H3/b8-6+,9-5-/t14-,17+,20-/m0/s1. The summed E-state index contributed by atoms with van der Waals surface area (Å²) in [6.07, 6.45) is 7.78. The number of carbonyl (C=O) groups is 2. The Bertz CT molecular complexity index is 851. The number of cyclic esters (lactones) is 1. The molecule has 0 spiro atoms. The topological polar surface area (TPSA) is 82.1 Å². The van der Waals surface area contributed by atoms with Crippen molar-refractivity contribution in [2.24, 2.45) is 5.92 Å². The Hall–Kier alpha value is -2.60. The molecule has 0 bridgehead atoms. The van der Waals surface area contributed by atoms with Crippen molar-refractivity contribution >= 4 is 17.8 Å². The van der Waals surface area contributed by atoms with E-state index in [0.29, 0.717) is 30.6 Å². The van der Waals surface area contributed by atoms with E-state index in [2.05, 4.69) is 0 Å². The Kier molecular flexibility index (Phi) is 6.13. The molecule has 0 amide bonds. The number of hydrogen-bond acceptors (Lipinski definition) is 6. The molecule has 6 heteroatoms. The molecule has 1 N–H and O–H groups in total. The third-order valence-corrected chi connectivity index (χ3v) is 5.28. The van der Waals surface area contributed by atoms with Crippen LogP contribution in [0.2, 0.25) is 0 Å². The number of aromatic hydroxyl groups is 1. The highest BCUT2D eigenvalue weighted by Gasteiger charge is 2.42. The molecule has 2 heterocycles. The first-order chi connectivity index (χ1) is 13.7. The molecule has 0 radical (unpaired) electrons. The van der Waals surface area contributed by atoms with Gasteiger partial charge in [-0.25, -0.2) is 4.79 Å². The van der Waals surface area contributed by atoms with Crippen molar-refractivity contribution in [2.75, 3.05) is 7.11 Å². The van der Waals surface area contributed by atoms with Crippen LogP contribution in [0.25, 0.3) is 6.08 Å². The number of benzene rings is 1. The molecule has 156 valence electrons. The Morgan fingerprint density at radius 2 is 1.86 bits per heavy atom. The molecular formula is C23H28O6. The van der Waals surface area contributed by atoms with E-state index in [1.165, 1.54) is 13.2 Å². The molecule has 3 rings (SSSR count). The van der Waals surface area contributed by atoms with Gasteiger partial charge in [-0.15, -0.1) is 0 Å². The van der Waals surface area contributed by atoms with Gasteiger partial charge in [0.25, 0.3) is 0 Å². The predicted molar refractivity (Wildman–Crippen MR) is 109 cm³/mol. The van der Waals surface area contributed by atoms with Crippen molar-refractivity contribution in [3.63, 3.8) is 0 Å². The van der Waals surface area contributed by atoms with Crippen LogP contribution in [0.1, 0.15) is 56.0 Å². The number of hydrogen-bond donors (Lipinski definition) is 1. The van der Waals surface area contributed by atoms with Crippen molar-refractivity contribution in [2.45, 2.75) is 57.8 Å². The summed E-state index contributed by atoms with van der Waals surface area (Å²) in [5.41, 5.74) is 0.217. The zero-order chi connectivity index (χ0) is 21.2. The van der Waals surface area contributed by atoms with Crippen LogP contribution in [-0.4, -0.2) is 41.8 Å². The summed E-state index contributed by atoms with van der Waals surface area (Å²) < 4.78 is 16.8. The minimum Gasteiger partial charge on any atom is -0.507 e. The lowest BCUT2D eigenvalue weighted by atomic mass is 9.88. The number of ether oxygens (including phenoxy) is 3. The molecule has 1 saturated heterocycles. The van der Waals surface area contributed by atoms with Gasteiger partial charge < -0.3 is 19.3 Å². The zero-order valence-electron chi connectivity index (χ0n) is 17.3. The number of fused-ring (bicyclic) bond motifs is 2. The third-order valence-electron chi connectivity index (χ3n) is 5.28. The lowest BCUT2D eigenvalue weighted by Gasteiger charge is -2.19. The summed E-state index contributed by atoms with van der Waals surface area (Å²) in [6.45, 7) is 5.72. The van der Waals surface area contributed by atoms with Crippen LogP contribution in [0.15, 0.2) is 30.4 Å². The summed E-state index contributed by atoms with van der Waals surface area (Å²) >= 11 is 0. The zero-order valence-corrected chi connectivity index (χ0v) is 17.3. The second-order valence-electron chi connectivity index (χ2n) is 8.23. The summed E-state index contributed by atoms with van der Waals surface area (Å²) in [7, 11) is 1.49. The fourth-order valence-corrected chi connectivity index (χ4v) is 3.91. The molecule has 0 aromatic heterocycles. The van der Waals surface area contributed by atoms with Gasteiger partial charge in [0.15, 0.2) is 5.78 Å². The van der Waals surface area contributed by atoms with Crippen LogP contribution in [0, 0.1) is 5.92 Å². The number of ketones is 1. The molecule has 6 nitrogen and oxygen atoms in total. The van der Waals surface area contributed by atoms with Gasteiger partial charge in [0.2, 0.25) is 0 Å². The van der Waals surface area contributed by atoms with Gasteiger partial charge in [-0.1, -0.05) is 18.2 Å². The Labute approximate surface area is 171 Å². The molecule has 29 heavy (non-hydrogen) atoms. The average Bonchev–Trinajstić information content (AvgIpc) is 2.95. The van der Waals surface area contributed by atoms with Crippen LogP contribution in [0.4, 0.5) is 0 Å². The number of rotatable bonds is 1. The largest absolute Gasteiger partial charge is 0.507 e. The molecule has 3 atom stereocenters. The Balaban J connectivity index is 2.00. The van der Waals surface area contributed by atoms with Crippen LogP contribution in [-0.2, 0) is 14.3 Å². The summed E-state index contributed by atoms with van der Waals surface area (Å²) in [5.74, 6) is -0.573. The highest BCUT2D eigenvalue weighted by Crippen LogP contribution is 2.38. The molecule has 1 aromatic carbocycles. The predicted octanol–water partition coefficient (Wildman–Crippen LogP) is 4.06. The molecule has 1 fully saturated rings. The number of esters is 1. The van der Waals surface area contributed by atoms with E-state index in [1.807, 2.05) is 19.9 Å². The summed E-state index contributed by atoms with van der Waals surface area (Å²) in [4.78, 5) is 25.4. The van der Waals surface area contributed by atoms with E-state index in [0.717, 1.165) is 0 Å². The van der Waals surface area contributed by atoms with Gasteiger partial charge in [0.1, 0.15) is 23.2 Å². The third kappa shape index (κ3) is 4.88. The van der Waals surface area contributed by atoms with Crippen molar-refractivity contribution in [3.8, 4) is 11.5 Å². The van der Waals surface area contributed by atoms with E-state index in [1.54, 1.807) is 31.2 Å². The average molecular weight is 400 g/mol. The van der Waals surface area contributed by atoms with Gasteiger partial charge in [-0.05, 0) is 51.3 Å². The van der Waals surface area contributed by atoms with Crippen molar-refractivity contribution < 1.29 is 28.9 Å². The quantitative estimate of drug-likeness (QED) is 0.716. The lowest BCUT2D eigenvalue weighted by molar-refractivity contribution is -0.120. The van der Waals surface area contributed by atoms with E-state index >= 15 is 0 Å². The molecule has 0 saturated carbocycles. The van der Waals surface area contributed by atoms with Gasteiger partial charge >= 0.3 is 5.97 Å². The molecule has 2 aliphatic heterocycles. The highest BCUT2D eigenvalue weighted by atomic mass is 16.5. The normalized spacial score (nSPS) is 29.2. The maximum absolute atomic E-state index is 12.7. The maximum Gasteiger partial charge on any atom is 0.342 e. The number of phenols is 1. The first-order valence-corrected chi connectivity index (χ1v) is 9.87. The number of allylic oxidation sites excluding steroid dienone is 1. The van der Waals surface area contributed by atoms with Crippen LogP contribution in [0.5, 0.6) is 11.5 Å². The summed E-state index contributed by atoms with van der Waals surface area (Å²) in [6, 6.07) is 3.06. The molecular weight excluding hydrogens is 372 g/mol. The smallest absolute Gasteiger partial charge is 0.342 e. The highest BCUT2D eigenvalue weighted by molar-refractivity contribution is 5.97. The second-order valence-corrected chi connectivity index (χ2v) is 8.23. The van der Waals surface area contributed by atoms with Crippen molar-refractivity contribution in [3.05, 3.63) is 41.5 Å². The van der Waals surface area contributed by atoms with Crippen molar-refractivity contribution in [1.29, 1.82) is 0 Å². The van der Waals surface area contributed by atoms with Crippen LogP contribution >= 0.6 is 0 Å². The fraction of sp³-hybridized carbons (Fsp3) is 0.478. The fourth-order valence-electron chi connectivity index (χ4n) is 3.91. The molecule has 0 aliphatic carbocycles. The SMILES string of the molecule is COc1cc(O)c2c(c1)/C=C/C[C@@H]1OC(C)(C)C[C@@H]1C(=O)/C=C\C[C@H](C)OC2=O. The summed E-state index contributed by atoms with van der Waals surface area (Å²) in [5, 5.41) is 10.4. The van der Waals surface area contributed by atoms with E-state index in [9.17, 15) is 14.7 Å². The second kappa shape index (κ2) is 8.41. The minimum absolute atomic E-state index is 0.0317. The number of carbonyl (C=O) groups excluding carboxylic acids is 2. The number of phenolic OH excluding ortho intramolecular Hbond substituents is 1. The van der Waals surface area contributed by atoms with Gasteiger partial charge in [-0.3, -0.25) is 4.79 Å². The van der Waals surface area contributed by atoms with E-state index < -0.39 is 12.1 Å². The van der Waals surface area contributed by atoms with E-state index in [-0.39, 0.29) is 34.7 Å². The molecule has 0 unspecified atom stereocenters. The monoisotopic (exact) mass is 400 g/mol. The first kappa shape index (κ1) is 21.1. The first-order valence-electron chi connectivity index (χ1n) is 9.87. The lowest BCUT2D eigenvalue weighted by Crippen LogP contribution is -2.23. The van der Waals surface area contributed by atoms with Gasteiger partial charge in [-0.2, -0.15) is 0 Å². The molecule has 1 aromatic rings. The van der Waals surface area contributed by atoms with Crippen LogP contribution in [0.3, 0.4) is 0 Å². The Morgan fingerprint density at radius 3 is 2.59 bits per heavy atom. The maximum atomic E-state index is 12.7. The van der Waals surface area contributed by atoms with Crippen LogP contribution < -0.4 is 4.74 Å². The Morgan fingerprint density at radius 1 is 1.14 bits per heavy atom. The molecule has 2 aliphatic rings. The van der Waals surface area contributed by atoms with E-state index in [4.69, 9.17) is 14.2 Å². The van der Waals surface area contributed by atoms with Gasteiger partial charge in [0, 0.05) is 12.5 Å². The van der Waals surface area contributed by atoms with Crippen molar-refractivity contribution in [1.82, 2.24) is 0 Å².